The van der Waals surface area contributed by atoms with Crippen molar-refractivity contribution in [2.45, 2.75) is 12.5 Å². The number of aliphatic carboxylic acids is 1. The molecular weight excluding hydrogens is 317 g/mol. The molecular formula is C18H17ClFNO2. The fraction of sp³-hybridized carbons (Fsp3) is 0.278. The Kier molecular flexibility index (Phi) is 4.64. The van der Waals surface area contributed by atoms with Crippen LogP contribution in [-0.2, 0) is 11.3 Å². The van der Waals surface area contributed by atoms with Crippen LogP contribution in [0.4, 0.5) is 4.39 Å². The highest BCUT2D eigenvalue weighted by Gasteiger charge is 2.39. The topological polar surface area (TPSA) is 40.5 Å². The van der Waals surface area contributed by atoms with E-state index in [2.05, 4.69) is 4.90 Å². The Morgan fingerprint density at radius 2 is 1.96 bits per heavy atom. The Morgan fingerprint density at radius 3 is 2.61 bits per heavy atom. The van der Waals surface area contributed by atoms with E-state index in [1.165, 1.54) is 6.07 Å². The summed E-state index contributed by atoms with van der Waals surface area (Å²) in [6.45, 7) is 1.59. The number of carboxylic acids is 1. The molecule has 0 amide bonds. The Bertz CT molecular complexity index is 707. The highest BCUT2D eigenvalue weighted by atomic mass is 35.5. The maximum absolute atomic E-state index is 14.2. The number of carbonyl (C=O) groups is 1. The van der Waals surface area contributed by atoms with Gasteiger partial charge in [0.05, 0.1) is 5.92 Å². The van der Waals surface area contributed by atoms with Crippen LogP contribution in [0.5, 0.6) is 0 Å². The van der Waals surface area contributed by atoms with Crippen LogP contribution in [0, 0.1) is 11.7 Å². The predicted molar refractivity (Wildman–Crippen MR) is 87.0 cm³/mol. The Morgan fingerprint density at radius 1 is 1.22 bits per heavy atom. The molecule has 3 nitrogen and oxygen atoms in total. The second kappa shape index (κ2) is 6.69. The van der Waals surface area contributed by atoms with Gasteiger partial charge in [-0.15, -0.1) is 0 Å². The second-order valence-corrected chi connectivity index (χ2v) is 6.33. The first-order valence-corrected chi connectivity index (χ1v) is 7.86. The molecule has 1 heterocycles. The smallest absolute Gasteiger partial charge is 0.308 e. The molecule has 2 aromatic carbocycles. The van der Waals surface area contributed by atoms with E-state index in [1.54, 1.807) is 12.1 Å². The molecule has 0 aliphatic carbocycles. The molecule has 1 fully saturated rings. The predicted octanol–water partition coefficient (Wildman–Crippen LogP) is 3.78. The minimum atomic E-state index is -0.889. The first kappa shape index (κ1) is 16.0. The summed E-state index contributed by atoms with van der Waals surface area (Å²) in [4.78, 5) is 13.6. The lowest BCUT2D eigenvalue weighted by molar-refractivity contribution is -0.141. The van der Waals surface area contributed by atoms with Crippen LogP contribution >= 0.6 is 11.6 Å². The summed E-state index contributed by atoms with van der Waals surface area (Å²) in [5.41, 5.74) is 1.55. The number of nitrogens with zero attached hydrogens (tertiary/aromatic N) is 1. The van der Waals surface area contributed by atoms with Crippen LogP contribution < -0.4 is 0 Å². The lowest BCUT2D eigenvalue weighted by atomic mass is 9.89. The van der Waals surface area contributed by atoms with E-state index in [1.807, 2.05) is 30.3 Å². The maximum Gasteiger partial charge on any atom is 0.308 e. The van der Waals surface area contributed by atoms with Crippen molar-refractivity contribution in [3.63, 3.8) is 0 Å². The number of rotatable bonds is 4. The average Bonchev–Trinajstić information content (AvgIpc) is 2.92. The molecule has 2 aromatic rings. The van der Waals surface area contributed by atoms with E-state index in [9.17, 15) is 14.3 Å². The van der Waals surface area contributed by atoms with Gasteiger partial charge in [0, 0.05) is 30.6 Å². The Labute approximate surface area is 139 Å². The molecule has 0 saturated carbocycles. The van der Waals surface area contributed by atoms with Crippen molar-refractivity contribution in [1.82, 2.24) is 4.90 Å². The van der Waals surface area contributed by atoms with Crippen molar-refractivity contribution in [3.8, 4) is 0 Å². The number of hydrogen-bond acceptors (Lipinski definition) is 2. The molecule has 2 atom stereocenters. The largest absolute Gasteiger partial charge is 0.481 e. The van der Waals surface area contributed by atoms with Crippen LogP contribution in [0.25, 0.3) is 0 Å². The van der Waals surface area contributed by atoms with Gasteiger partial charge in [-0.05, 0) is 23.3 Å². The van der Waals surface area contributed by atoms with Gasteiger partial charge in [-0.25, -0.2) is 4.39 Å². The molecule has 3 rings (SSSR count). The van der Waals surface area contributed by atoms with Gasteiger partial charge in [-0.1, -0.05) is 48.0 Å². The average molecular weight is 334 g/mol. The number of carboxylic acid groups (broad SMARTS) is 1. The lowest BCUT2D eigenvalue weighted by Crippen LogP contribution is -2.23. The summed E-state index contributed by atoms with van der Waals surface area (Å²) in [6.07, 6.45) is 0. The zero-order valence-corrected chi connectivity index (χ0v) is 13.2. The molecule has 1 saturated heterocycles. The van der Waals surface area contributed by atoms with Crippen molar-refractivity contribution in [1.29, 1.82) is 0 Å². The minimum absolute atomic E-state index is 0.317. The molecule has 1 N–H and O–H groups in total. The summed E-state index contributed by atoms with van der Waals surface area (Å²) in [7, 11) is 0. The van der Waals surface area contributed by atoms with Gasteiger partial charge in [0.1, 0.15) is 5.82 Å². The van der Waals surface area contributed by atoms with Gasteiger partial charge in [0.2, 0.25) is 0 Å². The van der Waals surface area contributed by atoms with Gasteiger partial charge >= 0.3 is 5.97 Å². The van der Waals surface area contributed by atoms with Crippen LogP contribution in [0.2, 0.25) is 5.02 Å². The molecule has 120 valence electrons. The number of benzene rings is 2. The number of likely N-dealkylation sites (tertiary alicyclic amines) is 1. The zero-order chi connectivity index (χ0) is 16.4. The SMILES string of the molecule is O=C(O)[C@@H]1CN(Cc2ccccc2)C[C@H]1c1ccc(Cl)cc1F. The normalized spacial score (nSPS) is 21.5. The van der Waals surface area contributed by atoms with E-state index in [0.29, 0.717) is 30.2 Å². The monoisotopic (exact) mass is 333 g/mol. The Balaban J connectivity index is 1.83. The molecule has 1 aliphatic heterocycles. The third kappa shape index (κ3) is 3.54. The molecule has 23 heavy (non-hydrogen) atoms. The zero-order valence-electron chi connectivity index (χ0n) is 12.5. The van der Waals surface area contributed by atoms with Crippen LogP contribution in [0.3, 0.4) is 0 Å². The van der Waals surface area contributed by atoms with E-state index in [4.69, 9.17) is 11.6 Å². The highest BCUT2D eigenvalue weighted by molar-refractivity contribution is 6.30. The molecule has 0 aromatic heterocycles. The van der Waals surface area contributed by atoms with Crippen molar-refractivity contribution in [3.05, 3.63) is 70.5 Å². The third-order valence-electron chi connectivity index (χ3n) is 4.32. The van der Waals surface area contributed by atoms with E-state index in [-0.39, 0.29) is 5.92 Å². The van der Waals surface area contributed by atoms with Crippen LogP contribution in [0.15, 0.2) is 48.5 Å². The third-order valence-corrected chi connectivity index (χ3v) is 4.56. The van der Waals surface area contributed by atoms with E-state index < -0.39 is 17.7 Å². The van der Waals surface area contributed by atoms with Crippen molar-refractivity contribution >= 4 is 17.6 Å². The van der Waals surface area contributed by atoms with Crippen LogP contribution in [0.1, 0.15) is 17.0 Å². The lowest BCUT2D eigenvalue weighted by Gasteiger charge is -2.17. The van der Waals surface area contributed by atoms with Crippen molar-refractivity contribution in [2.75, 3.05) is 13.1 Å². The van der Waals surface area contributed by atoms with E-state index >= 15 is 0 Å². The quantitative estimate of drug-likeness (QED) is 0.925. The fourth-order valence-corrected chi connectivity index (χ4v) is 3.38. The van der Waals surface area contributed by atoms with Gasteiger partial charge in [0.25, 0.3) is 0 Å². The van der Waals surface area contributed by atoms with Crippen LogP contribution in [-0.4, -0.2) is 29.1 Å². The first-order chi connectivity index (χ1) is 11.0. The van der Waals surface area contributed by atoms with Crippen molar-refractivity contribution in [2.24, 2.45) is 5.92 Å². The number of halogens is 2. The molecule has 0 spiro atoms. The summed E-state index contributed by atoms with van der Waals surface area (Å²) in [5, 5.41) is 9.82. The Hall–Kier alpha value is -1.91. The second-order valence-electron chi connectivity index (χ2n) is 5.90. The minimum Gasteiger partial charge on any atom is -0.481 e. The fourth-order valence-electron chi connectivity index (χ4n) is 3.22. The van der Waals surface area contributed by atoms with Gasteiger partial charge < -0.3 is 5.11 Å². The van der Waals surface area contributed by atoms with Crippen molar-refractivity contribution < 1.29 is 14.3 Å². The summed E-state index contributed by atoms with van der Waals surface area (Å²) in [5.74, 6) is -2.31. The number of hydrogen-bond donors (Lipinski definition) is 1. The maximum atomic E-state index is 14.2. The van der Waals surface area contributed by atoms with E-state index in [0.717, 1.165) is 5.56 Å². The first-order valence-electron chi connectivity index (χ1n) is 7.48. The van der Waals surface area contributed by atoms with Gasteiger partial charge in [0.15, 0.2) is 0 Å². The van der Waals surface area contributed by atoms with Gasteiger partial charge in [-0.2, -0.15) is 0 Å². The van der Waals surface area contributed by atoms with Gasteiger partial charge in [-0.3, -0.25) is 9.69 Å². The highest BCUT2D eigenvalue weighted by Crippen LogP contribution is 2.35. The molecule has 1 aliphatic rings. The molecule has 0 radical (unpaired) electrons. The standard InChI is InChI=1S/C18H17ClFNO2/c19-13-6-7-14(17(20)8-13)15-10-21(11-16(15)18(22)23)9-12-4-2-1-3-5-12/h1-8,15-16H,9-11H2,(H,22,23)/t15-,16+/m0/s1. The summed E-state index contributed by atoms with van der Waals surface area (Å²) >= 11 is 5.79. The summed E-state index contributed by atoms with van der Waals surface area (Å²) in [6, 6.07) is 14.3. The molecule has 0 unspecified atom stereocenters. The molecule has 0 bridgehead atoms. The summed E-state index contributed by atoms with van der Waals surface area (Å²) < 4.78 is 14.2. The molecule has 5 heteroatoms.